The zero-order chi connectivity index (χ0) is 17.9. The van der Waals surface area contributed by atoms with Gasteiger partial charge in [-0.15, -0.1) is 0 Å². The standard InChI is InChI=1S/C18H19F3N2OS/c19-18(20,21)15-6-2-1-5-14(15)17(24)22-11-16(13-7-10-25-12-13)23-8-3-4-9-23/h1-2,5-7,10,12,16H,3-4,8-9,11H2,(H,22,24)/t16-/m0/s1. The third kappa shape index (κ3) is 4.22. The third-order valence-corrected chi connectivity index (χ3v) is 5.14. The molecule has 0 spiro atoms. The Balaban J connectivity index is 1.74. The van der Waals surface area contributed by atoms with E-state index in [1.54, 1.807) is 11.3 Å². The first-order valence-corrected chi connectivity index (χ1v) is 9.11. The van der Waals surface area contributed by atoms with Gasteiger partial charge in [0.2, 0.25) is 0 Å². The lowest BCUT2D eigenvalue weighted by molar-refractivity contribution is -0.137. The fourth-order valence-corrected chi connectivity index (χ4v) is 3.90. The summed E-state index contributed by atoms with van der Waals surface area (Å²) in [5, 5.41) is 6.70. The summed E-state index contributed by atoms with van der Waals surface area (Å²) >= 11 is 1.58. The molecule has 7 heteroatoms. The van der Waals surface area contributed by atoms with Gasteiger partial charge in [-0.1, -0.05) is 12.1 Å². The summed E-state index contributed by atoms with van der Waals surface area (Å²) in [5.41, 5.74) is -0.141. The number of hydrogen-bond donors (Lipinski definition) is 1. The molecule has 0 unspecified atom stereocenters. The number of carbonyl (C=O) groups is 1. The fourth-order valence-electron chi connectivity index (χ4n) is 3.19. The van der Waals surface area contributed by atoms with E-state index < -0.39 is 17.6 Å². The van der Waals surface area contributed by atoms with E-state index in [0.717, 1.165) is 37.6 Å². The molecule has 2 aromatic rings. The second kappa shape index (κ2) is 7.58. The van der Waals surface area contributed by atoms with Crippen molar-refractivity contribution in [2.24, 2.45) is 0 Å². The quantitative estimate of drug-likeness (QED) is 0.852. The molecule has 0 saturated carbocycles. The summed E-state index contributed by atoms with van der Waals surface area (Å²) in [5.74, 6) is -0.688. The molecule has 1 amide bonds. The van der Waals surface area contributed by atoms with E-state index in [-0.39, 0.29) is 11.6 Å². The topological polar surface area (TPSA) is 32.3 Å². The molecule has 1 atom stereocenters. The van der Waals surface area contributed by atoms with Crippen LogP contribution in [-0.2, 0) is 6.18 Å². The van der Waals surface area contributed by atoms with Gasteiger partial charge >= 0.3 is 6.18 Å². The SMILES string of the molecule is O=C(NC[C@@H](c1ccsc1)N1CCCC1)c1ccccc1C(F)(F)F. The molecule has 1 N–H and O–H groups in total. The van der Waals surface area contributed by atoms with Crippen LogP contribution in [0, 0.1) is 0 Å². The molecule has 134 valence electrons. The maximum absolute atomic E-state index is 13.1. The van der Waals surface area contributed by atoms with Crippen LogP contribution < -0.4 is 5.32 Å². The molecule has 0 aliphatic carbocycles. The van der Waals surface area contributed by atoms with Crippen LogP contribution in [-0.4, -0.2) is 30.4 Å². The Morgan fingerprint density at radius 2 is 1.92 bits per heavy atom. The van der Waals surface area contributed by atoms with Gasteiger partial charge in [0.05, 0.1) is 17.2 Å². The Bertz CT molecular complexity index is 709. The largest absolute Gasteiger partial charge is 0.417 e. The molecule has 1 aliphatic rings. The van der Waals surface area contributed by atoms with Crippen molar-refractivity contribution in [2.75, 3.05) is 19.6 Å². The number of nitrogens with zero attached hydrogens (tertiary/aromatic N) is 1. The van der Waals surface area contributed by atoms with Gasteiger partial charge in [-0.2, -0.15) is 24.5 Å². The van der Waals surface area contributed by atoms with Gasteiger partial charge in [0.1, 0.15) is 0 Å². The van der Waals surface area contributed by atoms with Gasteiger partial charge in [-0.25, -0.2) is 0 Å². The highest BCUT2D eigenvalue weighted by molar-refractivity contribution is 7.07. The van der Waals surface area contributed by atoms with Crippen LogP contribution in [0.4, 0.5) is 13.2 Å². The summed E-state index contributed by atoms with van der Waals surface area (Å²) in [4.78, 5) is 14.6. The number of thiophene rings is 1. The summed E-state index contributed by atoms with van der Waals surface area (Å²) in [7, 11) is 0. The van der Waals surface area contributed by atoms with Crippen molar-refractivity contribution in [3.8, 4) is 0 Å². The first-order valence-electron chi connectivity index (χ1n) is 8.17. The van der Waals surface area contributed by atoms with Gasteiger partial charge in [-0.3, -0.25) is 9.69 Å². The highest BCUT2D eigenvalue weighted by Gasteiger charge is 2.35. The lowest BCUT2D eigenvalue weighted by Gasteiger charge is -2.27. The fraction of sp³-hybridized carbons (Fsp3) is 0.389. The van der Waals surface area contributed by atoms with Crippen LogP contribution in [0.3, 0.4) is 0 Å². The number of halogens is 3. The first-order chi connectivity index (χ1) is 12.0. The van der Waals surface area contributed by atoms with Crippen molar-refractivity contribution in [1.29, 1.82) is 0 Å². The van der Waals surface area contributed by atoms with Crippen molar-refractivity contribution in [2.45, 2.75) is 25.1 Å². The van der Waals surface area contributed by atoms with Gasteiger partial charge in [0, 0.05) is 6.54 Å². The van der Waals surface area contributed by atoms with Crippen LogP contribution in [0.1, 0.15) is 40.4 Å². The zero-order valence-electron chi connectivity index (χ0n) is 13.6. The maximum Gasteiger partial charge on any atom is 0.417 e. The lowest BCUT2D eigenvalue weighted by atomic mass is 10.1. The highest BCUT2D eigenvalue weighted by Crippen LogP contribution is 2.32. The van der Waals surface area contributed by atoms with Crippen LogP contribution in [0.2, 0.25) is 0 Å². The molecular formula is C18H19F3N2OS. The summed E-state index contributed by atoms with van der Waals surface area (Å²) in [6, 6.07) is 6.89. The van der Waals surface area contributed by atoms with Gasteiger partial charge < -0.3 is 5.32 Å². The predicted octanol–water partition coefficient (Wildman–Crippen LogP) is 4.33. The van der Waals surface area contributed by atoms with Gasteiger partial charge in [0.15, 0.2) is 0 Å². The smallest absolute Gasteiger partial charge is 0.350 e. The van der Waals surface area contributed by atoms with E-state index in [1.807, 2.05) is 16.8 Å². The number of nitrogens with one attached hydrogen (secondary N) is 1. The predicted molar refractivity (Wildman–Crippen MR) is 91.6 cm³/mol. The first kappa shape index (κ1) is 17.9. The molecular weight excluding hydrogens is 349 g/mol. The van der Waals surface area contributed by atoms with E-state index in [9.17, 15) is 18.0 Å². The van der Waals surface area contributed by atoms with Crippen molar-refractivity contribution < 1.29 is 18.0 Å². The molecule has 1 saturated heterocycles. The molecule has 1 aliphatic heterocycles. The van der Waals surface area contributed by atoms with E-state index >= 15 is 0 Å². The average molecular weight is 368 g/mol. The summed E-state index contributed by atoms with van der Waals surface area (Å²) < 4.78 is 39.3. The molecule has 1 aromatic carbocycles. The molecule has 3 nitrogen and oxygen atoms in total. The molecule has 0 radical (unpaired) electrons. The summed E-state index contributed by atoms with van der Waals surface area (Å²) in [6.07, 6.45) is -2.34. The minimum absolute atomic E-state index is 0.00394. The van der Waals surface area contributed by atoms with E-state index in [0.29, 0.717) is 6.54 Å². The molecule has 1 fully saturated rings. The third-order valence-electron chi connectivity index (χ3n) is 4.44. The monoisotopic (exact) mass is 368 g/mol. The van der Waals surface area contributed by atoms with Crippen LogP contribution in [0.15, 0.2) is 41.1 Å². The average Bonchev–Trinajstić information content (AvgIpc) is 3.28. The minimum Gasteiger partial charge on any atom is -0.350 e. The second-order valence-corrected chi connectivity index (χ2v) is 6.85. The minimum atomic E-state index is -4.55. The highest BCUT2D eigenvalue weighted by atomic mass is 32.1. The number of benzene rings is 1. The number of alkyl halides is 3. The molecule has 1 aromatic heterocycles. The Hall–Kier alpha value is -1.86. The van der Waals surface area contributed by atoms with Crippen molar-refractivity contribution in [3.63, 3.8) is 0 Å². The number of likely N-dealkylation sites (tertiary alicyclic amines) is 1. The Morgan fingerprint density at radius 3 is 2.56 bits per heavy atom. The maximum atomic E-state index is 13.1. The molecule has 2 heterocycles. The van der Waals surface area contributed by atoms with Crippen molar-refractivity contribution in [1.82, 2.24) is 10.2 Å². The lowest BCUT2D eigenvalue weighted by Crippen LogP contribution is -2.37. The summed E-state index contributed by atoms with van der Waals surface area (Å²) in [6.45, 7) is 2.17. The number of rotatable bonds is 5. The van der Waals surface area contributed by atoms with Crippen molar-refractivity contribution >= 4 is 17.2 Å². The number of amides is 1. The number of hydrogen-bond acceptors (Lipinski definition) is 3. The Morgan fingerprint density at radius 1 is 1.20 bits per heavy atom. The van der Waals surface area contributed by atoms with Crippen molar-refractivity contribution in [3.05, 3.63) is 57.8 Å². The molecule has 0 bridgehead atoms. The van der Waals surface area contributed by atoms with Crippen LogP contribution in [0.5, 0.6) is 0 Å². The van der Waals surface area contributed by atoms with E-state index in [2.05, 4.69) is 10.2 Å². The zero-order valence-corrected chi connectivity index (χ0v) is 14.4. The molecule has 25 heavy (non-hydrogen) atoms. The van der Waals surface area contributed by atoms with E-state index in [1.165, 1.54) is 18.2 Å². The Kier molecular flexibility index (Phi) is 5.44. The van der Waals surface area contributed by atoms with E-state index in [4.69, 9.17) is 0 Å². The molecule has 3 rings (SSSR count). The van der Waals surface area contributed by atoms with Gasteiger partial charge in [0.25, 0.3) is 5.91 Å². The van der Waals surface area contributed by atoms with Gasteiger partial charge in [-0.05, 0) is 60.5 Å². The Labute approximate surface area is 148 Å². The van der Waals surface area contributed by atoms with Crippen LogP contribution in [0.25, 0.3) is 0 Å². The van der Waals surface area contributed by atoms with Crippen LogP contribution >= 0.6 is 11.3 Å². The number of carbonyl (C=O) groups excluding carboxylic acids is 1. The normalized spacial score (nSPS) is 16.8. The second-order valence-electron chi connectivity index (χ2n) is 6.07.